The maximum absolute atomic E-state index is 12.0. The molecule has 1 amide bonds. The van der Waals surface area contributed by atoms with Crippen LogP contribution < -0.4 is 15.8 Å². The standard InChI is InChI=1S/C18H18Cl2N2O2/c1-3-24-17-8-7-12(9-16(17)20)13-5-4-6-15(19)14(13)10-18(23)22-11(2)21/h4-9H,2-3,10,21H2,1H3,(H,22,23). The van der Waals surface area contributed by atoms with Crippen molar-refractivity contribution in [3.05, 3.63) is 64.4 Å². The number of carbonyl (C=O) groups is 1. The highest BCUT2D eigenvalue weighted by Gasteiger charge is 2.14. The molecule has 2 rings (SSSR count). The lowest BCUT2D eigenvalue weighted by Crippen LogP contribution is -2.28. The van der Waals surface area contributed by atoms with Crippen LogP contribution in [0.15, 0.2) is 48.8 Å². The minimum Gasteiger partial charge on any atom is -0.492 e. The molecule has 0 fully saturated rings. The molecular weight excluding hydrogens is 347 g/mol. The second-order valence-corrected chi connectivity index (χ2v) is 5.91. The molecule has 0 aliphatic heterocycles. The van der Waals surface area contributed by atoms with Gasteiger partial charge in [0.2, 0.25) is 5.91 Å². The van der Waals surface area contributed by atoms with Gasteiger partial charge >= 0.3 is 0 Å². The van der Waals surface area contributed by atoms with E-state index in [4.69, 9.17) is 33.7 Å². The molecule has 3 N–H and O–H groups in total. The number of ether oxygens (including phenoxy) is 1. The van der Waals surface area contributed by atoms with Crippen LogP contribution >= 0.6 is 23.2 Å². The monoisotopic (exact) mass is 364 g/mol. The van der Waals surface area contributed by atoms with E-state index in [1.54, 1.807) is 18.2 Å². The van der Waals surface area contributed by atoms with E-state index in [0.29, 0.717) is 28.0 Å². The topological polar surface area (TPSA) is 64.3 Å². The zero-order valence-corrected chi connectivity index (χ0v) is 14.7. The quantitative estimate of drug-likeness (QED) is 0.808. The van der Waals surface area contributed by atoms with Gasteiger partial charge in [-0.1, -0.05) is 48.0 Å². The highest BCUT2D eigenvalue weighted by Crippen LogP contribution is 2.34. The summed E-state index contributed by atoms with van der Waals surface area (Å²) in [5.74, 6) is 0.426. The molecule has 0 heterocycles. The second-order valence-electron chi connectivity index (χ2n) is 5.09. The summed E-state index contributed by atoms with van der Waals surface area (Å²) in [5.41, 5.74) is 7.77. The molecule has 0 unspecified atom stereocenters. The van der Waals surface area contributed by atoms with Crippen LogP contribution in [0.25, 0.3) is 11.1 Å². The molecule has 0 saturated heterocycles. The molecule has 24 heavy (non-hydrogen) atoms. The first-order valence-corrected chi connectivity index (χ1v) is 8.12. The van der Waals surface area contributed by atoms with Gasteiger partial charge < -0.3 is 15.8 Å². The predicted octanol–water partition coefficient (Wildman–Crippen LogP) is 4.15. The normalized spacial score (nSPS) is 10.3. The molecule has 2 aromatic rings. The Morgan fingerprint density at radius 1 is 1.25 bits per heavy atom. The molecule has 0 radical (unpaired) electrons. The summed E-state index contributed by atoms with van der Waals surface area (Å²) in [4.78, 5) is 12.0. The van der Waals surface area contributed by atoms with Crippen molar-refractivity contribution in [1.29, 1.82) is 0 Å². The van der Waals surface area contributed by atoms with Crippen molar-refractivity contribution in [3.8, 4) is 16.9 Å². The van der Waals surface area contributed by atoms with Gasteiger partial charge in [0.1, 0.15) is 5.75 Å². The third-order valence-electron chi connectivity index (χ3n) is 3.30. The first-order chi connectivity index (χ1) is 11.4. The lowest BCUT2D eigenvalue weighted by Gasteiger charge is -2.13. The van der Waals surface area contributed by atoms with Crippen LogP contribution in [0.3, 0.4) is 0 Å². The maximum Gasteiger partial charge on any atom is 0.229 e. The van der Waals surface area contributed by atoms with E-state index in [9.17, 15) is 4.79 Å². The first kappa shape index (κ1) is 18.2. The van der Waals surface area contributed by atoms with Crippen LogP contribution in [0.1, 0.15) is 12.5 Å². The molecule has 0 aliphatic carbocycles. The van der Waals surface area contributed by atoms with Gasteiger partial charge in [0, 0.05) is 5.02 Å². The Hall–Kier alpha value is -2.17. The Morgan fingerprint density at radius 3 is 2.62 bits per heavy atom. The van der Waals surface area contributed by atoms with Gasteiger partial charge in [0.25, 0.3) is 0 Å². The first-order valence-electron chi connectivity index (χ1n) is 7.36. The van der Waals surface area contributed by atoms with Gasteiger partial charge in [0.15, 0.2) is 0 Å². The zero-order valence-electron chi connectivity index (χ0n) is 13.2. The molecule has 126 valence electrons. The number of nitrogens with one attached hydrogen (secondary N) is 1. The maximum atomic E-state index is 12.0. The van der Waals surface area contributed by atoms with Crippen molar-refractivity contribution in [2.45, 2.75) is 13.3 Å². The number of rotatable bonds is 6. The highest BCUT2D eigenvalue weighted by atomic mass is 35.5. The summed E-state index contributed by atoms with van der Waals surface area (Å²) < 4.78 is 5.44. The number of nitrogens with two attached hydrogens (primary N) is 1. The fourth-order valence-corrected chi connectivity index (χ4v) is 2.81. The number of halogens is 2. The van der Waals surface area contributed by atoms with Crippen LogP contribution in [0.4, 0.5) is 0 Å². The van der Waals surface area contributed by atoms with Crippen LogP contribution in [0.5, 0.6) is 5.75 Å². The zero-order chi connectivity index (χ0) is 17.7. The van der Waals surface area contributed by atoms with Gasteiger partial charge in [-0.15, -0.1) is 0 Å². The van der Waals surface area contributed by atoms with Gasteiger partial charge in [-0.2, -0.15) is 0 Å². The minimum atomic E-state index is -0.283. The average molecular weight is 365 g/mol. The van der Waals surface area contributed by atoms with Gasteiger partial charge in [-0.3, -0.25) is 4.79 Å². The lowest BCUT2D eigenvalue weighted by molar-refractivity contribution is -0.119. The van der Waals surface area contributed by atoms with Crippen molar-refractivity contribution >= 4 is 29.1 Å². The molecule has 0 aromatic heterocycles. The molecule has 4 nitrogen and oxygen atoms in total. The van der Waals surface area contributed by atoms with Crippen LogP contribution in [-0.4, -0.2) is 12.5 Å². The highest BCUT2D eigenvalue weighted by molar-refractivity contribution is 6.33. The molecule has 0 saturated carbocycles. The summed E-state index contributed by atoms with van der Waals surface area (Å²) in [6.45, 7) is 5.88. The summed E-state index contributed by atoms with van der Waals surface area (Å²) in [6, 6.07) is 10.9. The van der Waals surface area contributed by atoms with E-state index in [1.807, 2.05) is 25.1 Å². The summed E-state index contributed by atoms with van der Waals surface area (Å²) >= 11 is 12.5. The molecule has 0 aliphatic rings. The fraction of sp³-hybridized carbons (Fsp3) is 0.167. The summed E-state index contributed by atoms with van der Waals surface area (Å²) in [7, 11) is 0. The minimum absolute atomic E-state index is 0.0794. The predicted molar refractivity (Wildman–Crippen MR) is 98.2 cm³/mol. The largest absolute Gasteiger partial charge is 0.492 e. The smallest absolute Gasteiger partial charge is 0.229 e. The van der Waals surface area contributed by atoms with Gasteiger partial charge in [-0.25, -0.2) is 0 Å². The molecule has 2 aromatic carbocycles. The molecule has 6 heteroatoms. The van der Waals surface area contributed by atoms with Crippen LogP contribution in [0, 0.1) is 0 Å². The lowest BCUT2D eigenvalue weighted by atomic mass is 9.97. The van der Waals surface area contributed by atoms with E-state index in [-0.39, 0.29) is 18.1 Å². The van der Waals surface area contributed by atoms with E-state index in [2.05, 4.69) is 11.9 Å². The van der Waals surface area contributed by atoms with Crippen LogP contribution in [-0.2, 0) is 11.2 Å². The van der Waals surface area contributed by atoms with Crippen molar-refractivity contribution in [3.63, 3.8) is 0 Å². The van der Waals surface area contributed by atoms with E-state index >= 15 is 0 Å². The number of hydrogen-bond acceptors (Lipinski definition) is 3. The van der Waals surface area contributed by atoms with Gasteiger partial charge in [-0.05, 0) is 41.8 Å². The van der Waals surface area contributed by atoms with Crippen molar-refractivity contribution in [2.75, 3.05) is 6.61 Å². The molecule has 0 bridgehead atoms. The van der Waals surface area contributed by atoms with Crippen molar-refractivity contribution in [2.24, 2.45) is 5.73 Å². The SMILES string of the molecule is C=C(N)NC(=O)Cc1c(Cl)cccc1-c1ccc(OCC)c(Cl)c1. The van der Waals surface area contributed by atoms with Gasteiger partial charge in [0.05, 0.1) is 23.9 Å². The molecule has 0 atom stereocenters. The Labute approximate surface area is 151 Å². The van der Waals surface area contributed by atoms with E-state index < -0.39 is 0 Å². The number of amides is 1. The average Bonchev–Trinajstić information content (AvgIpc) is 2.51. The fourth-order valence-electron chi connectivity index (χ4n) is 2.33. The summed E-state index contributed by atoms with van der Waals surface area (Å²) in [6.07, 6.45) is 0.0794. The Bertz CT molecular complexity index is 776. The Balaban J connectivity index is 2.40. The van der Waals surface area contributed by atoms with Crippen molar-refractivity contribution in [1.82, 2.24) is 5.32 Å². The second kappa shape index (κ2) is 8.08. The molecule has 0 spiro atoms. The van der Waals surface area contributed by atoms with E-state index in [0.717, 1.165) is 11.1 Å². The van der Waals surface area contributed by atoms with Crippen LogP contribution in [0.2, 0.25) is 10.0 Å². The third-order valence-corrected chi connectivity index (χ3v) is 3.95. The summed E-state index contributed by atoms with van der Waals surface area (Å²) in [5, 5.41) is 3.47. The van der Waals surface area contributed by atoms with Crippen molar-refractivity contribution < 1.29 is 9.53 Å². The molecular formula is C18H18Cl2N2O2. The number of hydrogen-bond donors (Lipinski definition) is 2. The number of carbonyl (C=O) groups excluding carboxylic acids is 1. The van der Waals surface area contributed by atoms with E-state index in [1.165, 1.54) is 0 Å². The number of benzene rings is 2. The third kappa shape index (κ3) is 4.43. The Morgan fingerprint density at radius 2 is 2.00 bits per heavy atom. The Kier molecular flexibility index (Phi) is 6.12.